The molecular formula is C65H106. The number of benzene rings is 3. The summed E-state index contributed by atoms with van der Waals surface area (Å²) < 4.78 is 0. The van der Waals surface area contributed by atoms with Crippen LogP contribution in [0.5, 0.6) is 0 Å². The zero-order valence-electron chi connectivity index (χ0n) is 42.3. The van der Waals surface area contributed by atoms with Crippen LogP contribution in [0, 0.1) is 67.1 Å². The van der Waals surface area contributed by atoms with Gasteiger partial charge in [-0.25, -0.2) is 0 Å². The minimum absolute atomic E-state index is 0. The lowest BCUT2D eigenvalue weighted by molar-refractivity contribution is 0.171. The van der Waals surface area contributed by atoms with E-state index in [0.29, 0.717) is 0 Å². The van der Waals surface area contributed by atoms with E-state index in [-0.39, 0.29) is 8.56 Å². The summed E-state index contributed by atoms with van der Waals surface area (Å²) in [6, 6.07) is 28.0. The maximum absolute atomic E-state index is 3.98. The Labute approximate surface area is 410 Å². The summed E-state index contributed by atoms with van der Waals surface area (Å²) in [5, 5.41) is 0. The zero-order chi connectivity index (χ0) is 45.4. The Kier molecular flexibility index (Phi) is 19.8. The van der Waals surface area contributed by atoms with E-state index >= 15 is 0 Å². The summed E-state index contributed by atoms with van der Waals surface area (Å²) in [4.78, 5) is 0. The largest absolute Gasteiger partial charge is 0.103 e. The van der Waals surface area contributed by atoms with E-state index in [4.69, 9.17) is 0 Å². The normalized spacial score (nSPS) is 33.1. The molecule has 65 heavy (non-hydrogen) atoms. The molecule has 0 aromatic heterocycles. The van der Waals surface area contributed by atoms with Crippen molar-refractivity contribution in [3.8, 4) is 0 Å². The van der Waals surface area contributed by atoms with Crippen LogP contribution >= 0.6 is 0 Å². The highest BCUT2D eigenvalue weighted by molar-refractivity contribution is 5.27. The molecule has 0 heteroatoms. The fourth-order valence-corrected chi connectivity index (χ4v) is 14.3. The number of hydrogen-bond donors (Lipinski definition) is 0. The van der Waals surface area contributed by atoms with Gasteiger partial charge in [0.2, 0.25) is 0 Å². The van der Waals surface area contributed by atoms with Crippen LogP contribution in [0.25, 0.3) is 0 Å². The van der Waals surface area contributed by atoms with Crippen molar-refractivity contribution >= 4 is 0 Å². The topological polar surface area (TPSA) is 0 Å². The Morgan fingerprint density at radius 2 is 0.646 bits per heavy atom. The molecule has 0 aliphatic heterocycles. The second-order valence-corrected chi connectivity index (χ2v) is 22.8. The molecule has 0 spiro atoms. The summed E-state index contributed by atoms with van der Waals surface area (Å²) in [7, 11) is 0. The number of allylic oxidation sites excluding steroid dienone is 4. The van der Waals surface area contributed by atoms with Crippen molar-refractivity contribution in [1.29, 1.82) is 0 Å². The molecule has 6 fully saturated rings. The highest BCUT2D eigenvalue weighted by atomic mass is 14.4. The van der Waals surface area contributed by atoms with Gasteiger partial charge in [-0.15, -0.1) is 13.2 Å². The Morgan fingerprint density at radius 3 is 0.908 bits per heavy atom. The van der Waals surface area contributed by atoms with Crippen LogP contribution in [-0.2, 0) is 6.42 Å². The highest BCUT2D eigenvalue weighted by Crippen LogP contribution is 2.47. The van der Waals surface area contributed by atoms with Crippen LogP contribution in [0.15, 0.2) is 110 Å². The third kappa shape index (κ3) is 14.7. The van der Waals surface area contributed by atoms with E-state index in [2.05, 4.69) is 138 Å². The molecule has 3 aromatic rings. The lowest BCUT2D eigenvalue weighted by Crippen LogP contribution is -2.25. The Bertz CT molecular complexity index is 1820. The van der Waals surface area contributed by atoms with E-state index in [9.17, 15) is 0 Å². The summed E-state index contributed by atoms with van der Waals surface area (Å²) >= 11 is 0. The summed E-state index contributed by atoms with van der Waals surface area (Å²) in [5.41, 5.74) is 8.99. The number of aryl methyl sites for hydroxylation is 3. The minimum atomic E-state index is 0. The van der Waals surface area contributed by atoms with Gasteiger partial charge in [0.1, 0.15) is 0 Å². The van der Waals surface area contributed by atoms with Crippen molar-refractivity contribution in [3.05, 3.63) is 144 Å². The first kappa shape index (κ1) is 49.8. The van der Waals surface area contributed by atoms with E-state index in [1.54, 1.807) is 16.7 Å². The van der Waals surface area contributed by atoms with Crippen LogP contribution in [0.2, 0.25) is 0 Å². The molecule has 0 radical (unpaired) electrons. The molecule has 0 amide bonds. The first-order valence-electron chi connectivity index (χ1n) is 27.9. The molecule has 3 aromatic carbocycles. The Morgan fingerprint density at radius 1 is 0.385 bits per heavy atom. The van der Waals surface area contributed by atoms with Gasteiger partial charge < -0.3 is 0 Å². The van der Waals surface area contributed by atoms with Crippen LogP contribution in [0.4, 0.5) is 0 Å². The minimum Gasteiger partial charge on any atom is -0.103 e. The predicted molar refractivity (Wildman–Crippen MR) is 297 cm³/mol. The molecule has 6 saturated carbocycles. The third-order valence-electron chi connectivity index (χ3n) is 18.9. The van der Waals surface area contributed by atoms with Gasteiger partial charge in [0.15, 0.2) is 0 Å². The first-order chi connectivity index (χ1) is 31.8. The SMILES string of the molecule is C/C=C/C1CCC(C2CCC(c3ccc(C)cc3)CC2)CC1.C=CC1CCC(C2CCC(c3ccc(C)cc3)CC2)CC1.C=CC1CCC(C2CCC(c3ccc(CC)cc3)CC2)CC1.[HH].[HH].[HH].[HH].[HH].[HH]. The molecule has 6 aliphatic rings. The van der Waals surface area contributed by atoms with Crippen molar-refractivity contribution in [3.63, 3.8) is 0 Å². The molecule has 0 bridgehead atoms. The number of hydrogen-bond acceptors (Lipinski definition) is 0. The fourth-order valence-electron chi connectivity index (χ4n) is 14.3. The highest BCUT2D eigenvalue weighted by Gasteiger charge is 2.33. The molecule has 0 nitrogen and oxygen atoms in total. The van der Waals surface area contributed by atoms with Crippen molar-refractivity contribution in [2.45, 2.75) is 206 Å². The fraction of sp³-hybridized carbons (Fsp3) is 0.631. The van der Waals surface area contributed by atoms with Gasteiger partial charge in [-0.3, -0.25) is 0 Å². The molecule has 0 saturated heterocycles. The molecular weight excluding hydrogens is 781 g/mol. The second-order valence-electron chi connectivity index (χ2n) is 22.8. The maximum atomic E-state index is 3.98. The zero-order valence-corrected chi connectivity index (χ0v) is 42.3. The molecule has 6 aliphatic carbocycles. The van der Waals surface area contributed by atoms with E-state index in [1.165, 1.54) is 171 Å². The van der Waals surface area contributed by atoms with Crippen LogP contribution in [0.3, 0.4) is 0 Å². The van der Waals surface area contributed by atoms with Gasteiger partial charge >= 0.3 is 0 Å². The molecule has 366 valence electrons. The summed E-state index contributed by atoms with van der Waals surface area (Å²) in [6.07, 6.45) is 44.7. The second kappa shape index (κ2) is 25.9. The standard InChI is InChI=1S/2C22H32.C21H30.6H2/c1-3-4-18-7-11-20(12-8-18)22-15-13-21(14-16-22)19-9-5-17(2)6-10-19;1-3-17-5-9-19(10-6-17)21-13-15-22(16-14-21)20-11-7-18(4-2)8-12-20;1-3-17-6-10-19(11-7-17)21-14-12-20(13-15-21)18-8-4-16(2)5-9-18;;;;;;/h3-6,9-10,18,20-22H,7-8,11-16H2,1-2H3;3,7-8,11-12,17,19,21-22H,1,4-6,9-10,13-16H2,2H3;3-5,8-9,17,19-21H,1,6-7,10-15H2,2H3;6*1H/b4-3+;;;;;;;;. The Balaban J connectivity index is 0.000000511. The molecule has 0 unspecified atom stereocenters. The van der Waals surface area contributed by atoms with Gasteiger partial charge in [-0.1, -0.05) is 115 Å². The monoisotopic (exact) mass is 887 g/mol. The van der Waals surface area contributed by atoms with Gasteiger partial charge in [-0.2, -0.15) is 0 Å². The van der Waals surface area contributed by atoms with Crippen molar-refractivity contribution in [1.82, 2.24) is 0 Å². The van der Waals surface area contributed by atoms with Crippen molar-refractivity contribution in [2.75, 3.05) is 0 Å². The number of rotatable bonds is 10. The van der Waals surface area contributed by atoms with E-state index < -0.39 is 0 Å². The quantitative estimate of drug-likeness (QED) is 0.178. The Hall–Kier alpha value is -3.12. The van der Waals surface area contributed by atoms with Crippen LogP contribution in [-0.4, -0.2) is 0 Å². The molecule has 9 rings (SSSR count). The lowest BCUT2D eigenvalue weighted by Gasteiger charge is -2.37. The molecule has 0 atom stereocenters. The van der Waals surface area contributed by atoms with E-state index in [0.717, 1.165) is 77.4 Å². The van der Waals surface area contributed by atoms with Gasteiger partial charge in [-0.05, 0) is 275 Å². The molecule has 0 heterocycles. The first-order valence-corrected chi connectivity index (χ1v) is 27.9. The van der Waals surface area contributed by atoms with Crippen LogP contribution < -0.4 is 0 Å². The van der Waals surface area contributed by atoms with Gasteiger partial charge in [0.05, 0.1) is 0 Å². The maximum Gasteiger partial charge on any atom is 0 e. The van der Waals surface area contributed by atoms with Gasteiger partial charge in [0.25, 0.3) is 0 Å². The molecule has 0 N–H and O–H groups in total. The van der Waals surface area contributed by atoms with Crippen molar-refractivity contribution in [2.24, 2.45) is 53.3 Å². The van der Waals surface area contributed by atoms with Gasteiger partial charge in [0, 0.05) is 8.56 Å². The third-order valence-corrected chi connectivity index (χ3v) is 18.9. The summed E-state index contributed by atoms with van der Waals surface area (Å²) in [6.45, 7) is 16.7. The lowest BCUT2D eigenvalue weighted by atomic mass is 9.68. The average Bonchev–Trinajstić information content (AvgIpc) is 3.38. The van der Waals surface area contributed by atoms with Crippen molar-refractivity contribution < 1.29 is 8.56 Å². The predicted octanol–water partition coefficient (Wildman–Crippen LogP) is 20.9. The summed E-state index contributed by atoms with van der Waals surface area (Å²) in [5.74, 6) is 11.1. The van der Waals surface area contributed by atoms with E-state index in [1.807, 2.05) is 0 Å². The van der Waals surface area contributed by atoms with Crippen LogP contribution in [0.1, 0.15) is 228 Å². The smallest absolute Gasteiger partial charge is 0 e. The average molecular weight is 888 g/mol.